The van der Waals surface area contributed by atoms with Crippen molar-refractivity contribution in [2.24, 2.45) is 0 Å². The van der Waals surface area contributed by atoms with E-state index in [2.05, 4.69) is 38.5 Å². The van der Waals surface area contributed by atoms with Crippen LogP contribution in [0.1, 0.15) is 43.2 Å². The van der Waals surface area contributed by atoms with Gasteiger partial charge in [0.05, 0.1) is 13.0 Å². The van der Waals surface area contributed by atoms with Gasteiger partial charge >= 0.3 is 5.97 Å². The summed E-state index contributed by atoms with van der Waals surface area (Å²) < 4.78 is 13.5. The zero-order valence-corrected chi connectivity index (χ0v) is 22.3. The molecule has 2 aliphatic heterocycles. The van der Waals surface area contributed by atoms with Crippen LogP contribution < -0.4 is 9.64 Å². The minimum Gasteiger partial charge on any atom is -0.493 e. The fraction of sp³-hybridized carbons (Fsp3) is 0.481. The molecule has 0 spiro atoms. The van der Waals surface area contributed by atoms with Crippen LogP contribution in [0.25, 0.3) is 11.1 Å². The van der Waals surface area contributed by atoms with Crippen LogP contribution in [0.4, 0.5) is 6.01 Å². The average Bonchev–Trinajstić information content (AvgIpc) is 3.51. The summed E-state index contributed by atoms with van der Waals surface area (Å²) in [6.07, 6.45) is 5.57. The average molecular weight is 589 g/mol. The standard InChI is InChI=1S/C27H32IN3O4/c1-19-4-5-20(17-25(32)33)16-23(19)34-15-10-27(31-11-2-3-12-31)8-13-30(14-9-27)26-29-22-7-6-21(28)18-24(22)35-26/h4-7,16,18H,2-3,8-15,17H2,1H3,(H,32,33). The smallest absolute Gasteiger partial charge is 0.307 e. The second-order valence-electron chi connectivity index (χ2n) is 9.78. The Bertz CT molecular complexity index is 1200. The van der Waals surface area contributed by atoms with Crippen molar-refractivity contribution < 1.29 is 19.1 Å². The Morgan fingerprint density at radius 3 is 2.66 bits per heavy atom. The van der Waals surface area contributed by atoms with Gasteiger partial charge in [0.25, 0.3) is 6.01 Å². The van der Waals surface area contributed by atoms with Crippen molar-refractivity contribution in [3.8, 4) is 5.75 Å². The molecule has 2 fully saturated rings. The predicted octanol–water partition coefficient (Wildman–Crippen LogP) is 5.27. The van der Waals surface area contributed by atoms with Crippen molar-refractivity contribution in [2.75, 3.05) is 37.7 Å². The molecular formula is C27H32IN3O4. The molecule has 0 unspecified atom stereocenters. The van der Waals surface area contributed by atoms with Crippen LogP contribution in [0.3, 0.4) is 0 Å². The first-order chi connectivity index (χ1) is 16.9. The number of aliphatic carboxylic acids is 1. The third kappa shape index (κ3) is 5.43. The van der Waals surface area contributed by atoms with Gasteiger partial charge in [-0.15, -0.1) is 0 Å². The number of oxazole rings is 1. The zero-order valence-electron chi connectivity index (χ0n) is 20.1. The quantitative estimate of drug-likeness (QED) is 0.359. The number of ether oxygens (including phenoxy) is 1. The van der Waals surface area contributed by atoms with Gasteiger partial charge in [0.2, 0.25) is 0 Å². The molecule has 0 aliphatic carbocycles. The number of anilines is 1. The van der Waals surface area contributed by atoms with E-state index >= 15 is 0 Å². The number of nitrogens with zero attached hydrogens (tertiary/aromatic N) is 3. The Labute approximate surface area is 219 Å². The Kier molecular flexibility index (Phi) is 7.20. The number of hydrogen-bond donors (Lipinski definition) is 1. The lowest BCUT2D eigenvalue weighted by Crippen LogP contribution is -2.55. The van der Waals surface area contributed by atoms with Crippen LogP contribution in [0, 0.1) is 10.5 Å². The number of aryl methyl sites for hydroxylation is 1. The number of carboxylic acid groups (broad SMARTS) is 1. The second kappa shape index (κ2) is 10.3. The number of halogens is 1. The first-order valence-electron chi connectivity index (χ1n) is 12.4. The highest BCUT2D eigenvalue weighted by atomic mass is 127. The van der Waals surface area contributed by atoms with Crippen molar-refractivity contribution >= 4 is 45.7 Å². The van der Waals surface area contributed by atoms with Gasteiger partial charge in [0, 0.05) is 22.2 Å². The van der Waals surface area contributed by atoms with Crippen molar-refractivity contribution in [3.05, 3.63) is 51.1 Å². The third-order valence-electron chi connectivity index (χ3n) is 7.51. The van der Waals surface area contributed by atoms with E-state index in [1.54, 1.807) is 0 Å². The molecular weight excluding hydrogens is 557 g/mol. The molecule has 0 atom stereocenters. The number of hydrogen-bond acceptors (Lipinski definition) is 6. The number of carbonyl (C=O) groups is 1. The lowest BCUT2D eigenvalue weighted by atomic mass is 9.83. The zero-order chi connectivity index (χ0) is 24.4. The molecule has 5 rings (SSSR count). The van der Waals surface area contributed by atoms with Gasteiger partial charge in [-0.05, 0) is 110 Å². The first kappa shape index (κ1) is 24.4. The first-order valence-corrected chi connectivity index (χ1v) is 13.5. The van der Waals surface area contributed by atoms with Crippen LogP contribution in [0.5, 0.6) is 5.75 Å². The highest BCUT2D eigenvalue weighted by molar-refractivity contribution is 14.1. The monoisotopic (exact) mass is 589 g/mol. The molecule has 0 radical (unpaired) electrons. The van der Waals surface area contributed by atoms with Crippen LogP contribution >= 0.6 is 22.6 Å². The summed E-state index contributed by atoms with van der Waals surface area (Å²) >= 11 is 2.30. The Morgan fingerprint density at radius 1 is 1.14 bits per heavy atom. The molecule has 8 heteroatoms. The summed E-state index contributed by atoms with van der Waals surface area (Å²) in [4.78, 5) is 20.8. The van der Waals surface area contributed by atoms with Crippen molar-refractivity contribution in [3.63, 3.8) is 0 Å². The summed E-state index contributed by atoms with van der Waals surface area (Å²) in [5.74, 6) is -0.0351. The maximum atomic E-state index is 11.1. The molecule has 35 heavy (non-hydrogen) atoms. The highest BCUT2D eigenvalue weighted by Gasteiger charge is 2.41. The molecule has 0 amide bonds. The molecule has 7 nitrogen and oxygen atoms in total. The maximum Gasteiger partial charge on any atom is 0.307 e. The summed E-state index contributed by atoms with van der Waals surface area (Å²) in [6.45, 7) is 6.75. The van der Waals surface area contributed by atoms with Gasteiger partial charge in [-0.1, -0.05) is 12.1 Å². The number of aromatic nitrogens is 1. The Morgan fingerprint density at radius 2 is 1.91 bits per heavy atom. The Balaban J connectivity index is 1.26. The molecule has 3 aromatic rings. The summed E-state index contributed by atoms with van der Waals surface area (Å²) in [7, 11) is 0. The van der Waals surface area contributed by atoms with Crippen molar-refractivity contribution in [2.45, 2.75) is 51.0 Å². The molecule has 0 bridgehead atoms. The third-order valence-corrected chi connectivity index (χ3v) is 8.18. The molecule has 0 saturated carbocycles. The van der Waals surface area contributed by atoms with E-state index < -0.39 is 5.97 Å². The molecule has 2 aliphatic rings. The normalized spacial score (nSPS) is 18.3. The lowest BCUT2D eigenvalue weighted by Gasteiger charge is -2.47. The van der Waals surface area contributed by atoms with Crippen molar-refractivity contribution in [1.29, 1.82) is 0 Å². The van der Waals surface area contributed by atoms with E-state index in [4.69, 9.17) is 19.2 Å². The Hall–Kier alpha value is -2.33. The van der Waals surface area contributed by atoms with Crippen LogP contribution in [-0.4, -0.2) is 59.3 Å². The van der Waals surface area contributed by atoms with Gasteiger partial charge in [0.15, 0.2) is 5.58 Å². The topological polar surface area (TPSA) is 79.0 Å². The summed E-state index contributed by atoms with van der Waals surface area (Å²) in [6, 6.07) is 12.5. The number of fused-ring (bicyclic) bond motifs is 1. The van der Waals surface area contributed by atoms with E-state index in [9.17, 15) is 4.79 Å². The van der Waals surface area contributed by atoms with E-state index in [1.807, 2.05) is 37.3 Å². The summed E-state index contributed by atoms with van der Waals surface area (Å²) in [5, 5.41) is 9.12. The molecule has 2 aromatic carbocycles. The van der Waals surface area contributed by atoms with Gasteiger partial charge in [-0.2, -0.15) is 4.98 Å². The van der Waals surface area contributed by atoms with E-state index in [0.29, 0.717) is 6.61 Å². The molecule has 3 heterocycles. The highest BCUT2D eigenvalue weighted by Crippen LogP contribution is 2.37. The maximum absolute atomic E-state index is 11.1. The number of likely N-dealkylation sites (tertiary alicyclic amines) is 1. The lowest BCUT2D eigenvalue weighted by molar-refractivity contribution is -0.136. The van der Waals surface area contributed by atoms with Crippen LogP contribution in [-0.2, 0) is 11.2 Å². The van der Waals surface area contributed by atoms with Gasteiger partial charge < -0.3 is 19.2 Å². The van der Waals surface area contributed by atoms with E-state index in [0.717, 1.165) is 83.0 Å². The number of rotatable bonds is 8. The van der Waals surface area contributed by atoms with Crippen molar-refractivity contribution in [1.82, 2.24) is 9.88 Å². The van der Waals surface area contributed by atoms with Gasteiger partial charge in [-0.25, -0.2) is 0 Å². The molecule has 1 aromatic heterocycles. The minimum absolute atomic E-state index is 0.0131. The number of piperidine rings is 1. The fourth-order valence-corrected chi connectivity index (χ4v) is 5.95. The van der Waals surface area contributed by atoms with Gasteiger partial charge in [-0.3, -0.25) is 9.69 Å². The van der Waals surface area contributed by atoms with Crippen LogP contribution in [0.15, 0.2) is 40.8 Å². The molecule has 1 N–H and O–H groups in total. The van der Waals surface area contributed by atoms with E-state index in [1.165, 1.54) is 12.8 Å². The largest absolute Gasteiger partial charge is 0.493 e. The number of benzene rings is 2. The summed E-state index contributed by atoms with van der Waals surface area (Å²) in [5.41, 5.74) is 3.67. The van der Waals surface area contributed by atoms with Crippen LogP contribution in [0.2, 0.25) is 0 Å². The van der Waals surface area contributed by atoms with Gasteiger partial charge in [0.1, 0.15) is 11.3 Å². The second-order valence-corrected chi connectivity index (χ2v) is 11.0. The number of carboxylic acids is 1. The SMILES string of the molecule is Cc1ccc(CC(=O)O)cc1OCCC1(N2CCCC2)CCN(c2nc3ccc(I)cc3o2)CC1. The molecule has 2 saturated heterocycles. The van der Waals surface area contributed by atoms with E-state index in [-0.39, 0.29) is 12.0 Å². The minimum atomic E-state index is -0.826. The fourth-order valence-electron chi connectivity index (χ4n) is 5.49. The predicted molar refractivity (Wildman–Crippen MR) is 144 cm³/mol. The molecule has 186 valence electrons.